The van der Waals surface area contributed by atoms with Crippen LogP contribution in [0.2, 0.25) is 0 Å². The number of benzene rings is 1. The molecule has 0 aromatic heterocycles. The molecule has 1 rings (SSSR count). The molecule has 16 heavy (non-hydrogen) atoms. The summed E-state index contributed by atoms with van der Waals surface area (Å²) in [6, 6.07) is 4.26. The maximum absolute atomic E-state index is 12.6. The molecular weight excluding hydrogens is 215 g/mol. The van der Waals surface area contributed by atoms with E-state index in [1.54, 1.807) is 12.1 Å². The van der Waals surface area contributed by atoms with Crippen LogP contribution in [0.5, 0.6) is 0 Å². The second kappa shape index (κ2) is 5.05. The molecule has 1 nitrogen and oxygen atoms in total. The number of anilines is 1. The molecule has 0 radical (unpaired) electrons. The van der Waals surface area contributed by atoms with Crippen LogP contribution in [0.1, 0.15) is 17.5 Å². The van der Waals surface area contributed by atoms with Crippen molar-refractivity contribution in [2.24, 2.45) is 0 Å². The van der Waals surface area contributed by atoms with Crippen molar-refractivity contribution < 1.29 is 13.2 Å². The molecule has 4 heteroatoms. The minimum atomic E-state index is -4.29. The lowest BCUT2D eigenvalue weighted by Crippen LogP contribution is -2.09. The molecule has 0 aliphatic carbocycles. The van der Waals surface area contributed by atoms with Crippen LogP contribution in [0.3, 0.4) is 0 Å². The highest BCUT2D eigenvalue weighted by molar-refractivity contribution is 5.49. The summed E-state index contributed by atoms with van der Waals surface area (Å²) in [6.45, 7) is 5.58. The Kier molecular flexibility index (Phi) is 3.99. The number of nitrogens with one attached hydrogen (secondary N) is 1. The lowest BCUT2D eigenvalue weighted by atomic mass is 10.1. The first kappa shape index (κ1) is 12.6. The van der Waals surface area contributed by atoms with E-state index in [4.69, 9.17) is 0 Å². The molecule has 0 saturated carbocycles. The molecule has 0 unspecified atom stereocenters. The summed E-state index contributed by atoms with van der Waals surface area (Å²) in [7, 11) is 0. The molecule has 1 aromatic rings. The predicted molar refractivity (Wildman–Crippen MR) is 59.5 cm³/mol. The van der Waals surface area contributed by atoms with Crippen molar-refractivity contribution in [3.63, 3.8) is 0 Å². The van der Waals surface area contributed by atoms with Crippen molar-refractivity contribution in [2.75, 3.05) is 11.9 Å². The average Bonchev–Trinajstić information content (AvgIpc) is 2.19. The average molecular weight is 229 g/mol. The normalized spacial score (nSPS) is 11.2. The SMILES string of the molecule is C=CCCNc1ccc(C)c(C(F)(F)F)c1. The highest BCUT2D eigenvalue weighted by Crippen LogP contribution is 2.33. The Balaban J connectivity index is 2.85. The lowest BCUT2D eigenvalue weighted by molar-refractivity contribution is -0.138. The topological polar surface area (TPSA) is 12.0 Å². The third-order valence-electron chi connectivity index (χ3n) is 2.22. The van der Waals surface area contributed by atoms with Crippen LogP contribution in [0.25, 0.3) is 0 Å². The smallest absolute Gasteiger partial charge is 0.385 e. The summed E-state index contributed by atoms with van der Waals surface area (Å²) in [5.41, 5.74) is 0.137. The van der Waals surface area contributed by atoms with Crippen LogP contribution in [0, 0.1) is 6.92 Å². The van der Waals surface area contributed by atoms with E-state index in [-0.39, 0.29) is 5.56 Å². The highest BCUT2D eigenvalue weighted by atomic mass is 19.4. The number of halogens is 3. The fourth-order valence-corrected chi connectivity index (χ4v) is 1.36. The van der Waals surface area contributed by atoms with Gasteiger partial charge in [-0.25, -0.2) is 0 Å². The van der Waals surface area contributed by atoms with Gasteiger partial charge in [-0.3, -0.25) is 0 Å². The Hall–Kier alpha value is -1.45. The Morgan fingerprint density at radius 3 is 2.62 bits per heavy atom. The van der Waals surface area contributed by atoms with Gasteiger partial charge in [0.15, 0.2) is 0 Å². The Morgan fingerprint density at radius 1 is 1.38 bits per heavy atom. The zero-order valence-electron chi connectivity index (χ0n) is 9.06. The standard InChI is InChI=1S/C12H14F3N/c1-3-4-7-16-10-6-5-9(2)11(8-10)12(13,14)15/h3,5-6,8,16H,1,4,7H2,2H3. The molecule has 1 N–H and O–H groups in total. The monoisotopic (exact) mass is 229 g/mol. The van der Waals surface area contributed by atoms with Crippen molar-refractivity contribution in [1.82, 2.24) is 0 Å². The summed E-state index contributed by atoms with van der Waals surface area (Å²) >= 11 is 0. The van der Waals surface area contributed by atoms with Crippen LogP contribution >= 0.6 is 0 Å². The van der Waals surface area contributed by atoms with Crippen LogP contribution in [-0.4, -0.2) is 6.54 Å². The van der Waals surface area contributed by atoms with Gasteiger partial charge in [0.05, 0.1) is 5.56 Å². The first-order chi connectivity index (χ1) is 7.45. The van der Waals surface area contributed by atoms with Gasteiger partial charge in [-0.1, -0.05) is 12.1 Å². The predicted octanol–water partition coefficient (Wildman–Crippen LogP) is 4.00. The quantitative estimate of drug-likeness (QED) is 0.607. The molecule has 0 heterocycles. The molecule has 0 bridgehead atoms. The Labute approximate surface area is 93.0 Å². The second-order valence-electron chi connectivity index (χ2n) is 3.53. The van der Waals surface area contributed by atoms with Gasteiger partial charge >= 0.3 is 6.18 Å². The van der Waals surface area contributed by atoms with E-state index in [2.05, 4.69) is 11.9 Å². The maximum Gasteiger partial charge on any atom is 0.416 e. The summed E-state index contributed by atoms with van der Waals surface area (Å²) < 4.78 is 37.7. The number of hydrogen-bond acceptors (Lipinski definition) is 1. The van der Waals surface area contributed by atoms with E-state index in [0.29, 0.717) is 12.2 Å². The summed E-state index contributed by atoms with van der Waals surface area (Å²) in [4.78, 5) is 0. The Morgan fingerprint density at radius 2 is 2.06 bits per heavy atom. The molecule has 0 aliphatic heterocycles. The lowest BCUT2D eigenvalue weighted by Gasteiger charge is -2.12. The molecule has 0 amide bonds. The van der Waals surface area contributed by atoms with Gasteiger partial charge in [-0.15, -0.1) is 6.58 Å². The third-order valence-corrected chi connectivity index (χ3v) is 2.22. The molecule has 0 spiro atoms. The van der Waals surface area contributed by atoms with Crippen molar-refractivity contribution in [2.45, 2.75) is 19.5 Å². The van der Waals surface area contributed by atoms with E-state index in [9.17, 15) is 13.2 Å². The number of rotatable bonds is 4. The third kappa shape index (κ3) is 3.29. The Bertz CT molecular complexity index is 369. The van der Waals surface area contributed by atoms with Gasteiger partial charge in [0.1, 0.15) is 0 Å². The summed E-state index contributed by atoms with van der Waals surface area (Å²) in [5, 5.41) is 2.91. The fourth-order valence-electron chi connectivity index (χ4n) is 1.36. The second-order valence-corrected chi connectivity index (χ2v) is 3.53. The van der Waals surface area contributed by atoms with Crippen molar-refractivity contribution in [3.8, 4) is 0 Å². The first-order valence-electron chi connectivity index (χ1n) is 4.98. The number of aryl methyl sites for hydroxylation is 1. The number of hydrogen-bond donors (Lipinski definition) is 1. The van der Waals surface area contributed by atoms with Gasteiger partial charge in [0, 0.05) is 12.2 Å². The number of alkyl halides is 3. The van der Waals surface area contributed by atoms with Gasteiger partial charge < -0.3 is 5.32 Å². The maximum atomic E-state index is 12.6. The van der Waals surface area contributed by atoms with Gasteiger partial charge in [-0.2, -0.15) is 13.2 Å². The van der Waals surface area contributed by atoms with Crippen molar-refractivity contribution in [3.05, 3.63) is 42.0 Å². The largest absolute Gasteiger partial charge is 0.416 e. The van der Waals surface area contributed by atoms with Gasteiger partial charge in [0.2, 0.25) is 0 Å². The van der Waals surface area contributed by atoms with E-state index >= 15 is 0 Å². The first-order valence-corrected chi connectivity index (χ1v) is 4.98. The molecular formula is C12H14F3N. The van der Waals surface area contributed by atoms with Crippen LogP contribution in [0.15, 0.2) is 30.9 Å². The fraction of sp³-hybridized carbons (Fsp3) is 0.333. The molecule has 88 valence electrons. The molecule has 0 aliphatic rings. The van der Waals surface area contributed by atoms with E-state index in [1.807, 2.05) is 0 Å². The van der Waals surface area contributed by atoms with Gasteiger partial charge in [0.25, 0.3) is 0 Å². The zero-order valence-corrected chi connectivity index (χ0v) is 9.06. The molecule has 0 saturated heterocycles. The molecule has 0 fully saturated rings. The highest BCUT2D eigenvalue weighted by Gasteiger charge is 2.32. The summed E-state index contributed by atoms with van der Waals surface area (Å²) in [5.74, 6) is 0. The van der Waals surface area contributed by atoms with E-state index in [0.717, 1.165) is 12.5 Å². The molecule has 0 atom stereocenters. The minimum absolute atomic E-state index is 0.238. The minimum Gasteiger partial charge on any atom is -0.385 e. The summed E-state index contributed by atoms with van der Waals surface area (Å²) in [6.07, 6.45) is -1.86. The zero-order chi connectivity index (χ0) is 12.2. The van der Waals surface area contributed by atoms with Crippen LogP contribution < -0.4 is 5.32 Å². The molecule has 1 aromatic carbocycles. The van der Waals surface area contributed by atoms with Crippen molar-refractivity contribution >= 4 is 5.69 Å². The van der Waals surface area contributed by atoms with E-state index in [1.165, 1.54) is 13.0 Å². The van der Waals surface area contributed by atoms with Crippen LogP contribution in [-0.2, 0) is 6.18 Å². The van der Waals surface area contributed by atoms with Crippen LogP contribution in [0.4, 0.5) is 18.9 Å². The van der Waals surface area contributed by atoms with Crippen molar-refractivity contribution in [1.29, 1.82) is 0 Å². The van der Waals surface area contributed by atoms with Gasteiger partial charge in [-0.05, 0) is 31.0 Å². The van der Waals surface area contributed by atoms with E-state index < -0.39 is 11.7 Å².